The predicted octanol–water partition coefficient (Wildman–Crippen LogP) is 15.1. The highest BCUT2D eigenvalue weighted by Crippen LogP contribution is 2.28. The lowest BCUT2D eigenvalue weighted by Crippen LogP contribution is -2.31. The highest BCUT2D eigenvalue weighted by Gasteiger charge is 2.38. The summed E-state index contributed by atoms with van der Waals surface area (Å²) in [6.07, 6.45) is 43.5. The second-order valence-electron chi connectivity index (χ2n) is 20.0. The molecule has 0 spiro atoms. The van der Waals surface area contributed by atoms with Crippen molar-refractivity contribution in [2.45, 2.75) is 271 Å². The Morgan fingerprint density at radius 3 is 1.01 bits per heavy atom. The number of esters is 2. The molecule has 2 saturated heterocycles. The number of nitrogens with zero attached hydrogens (tertiary/aromatic N) is 2. The lowest BCUT2D eigenvalue weighted by Gasteiger charge is -2.15. The van der Waals surface area contributed by atoms with Gasteiger partial charge in [0.15, 0.2) is 0 Å². The third kappa shape index (κ3) is 32.0. The first kappa shape index (κ1) is 62.0. The van der Waals surface area contributed by atoms with Crippen molar-refractivity contribution in [3.63, 3.8) is 0 Å². The monoisotopic (exact) mass is 993 g/mol. The third-order valence-electron chi connectivity index (χ3n) is 13.9. The van der Waals surface area contributed by atoms with Crippen LogP contribution in [0.5, 0.6) is 0 Å². The summed E-state index contributed by atoms with van der Waals surface area (Å²) in [4.78, 5) is 78.1. The van der Waals surface area contributed by atoms with E-state index in [2.05, 4.69) is 13.8 Å². The zero-order valence-corrected chi connectivity index (χ0v) is 45.3. The number of hydrogen-bond donors (Lipinski definition) is 0. The van der Waals surface area contributed by atoms with Crippen LogP contribution in [0.25, 0.3) is 0 Å². The van der Waals surface area contributed by atoms with Crippen LogP contribution in [0.3, 0.4) is 0 Å². The van der Waals surface area contributed by atoms with Crippen LogP contribution in [0, 0.1) is 11.8 Å². The maximum Gasteiger partial charge on any atom is 0.306 e. The second kappa shape index (κ2) is 43.7. The van der Waals surface area contributed by atoms with E-state index in [-0.39, 0.29) is 47.4 Å². The molecule has 0 aromatic heterocycles. The van der Waals surface area contributed by atoms with E-state index in [1.165, 1.54) is 151 Å². The van der Waals surface area contributed by atoms with Crippen LogP contribution in [0.4, 0.5) is 0 Å². The van der Waals surface area contributed by atoms with Gasteiger partial charge in [0.25, 0.3) is 0 Å². The summed E-state index contributed by atoms with van der Waals surface area (Å²) in [5, 5.41) is 0. The maximum absolute atomic E-state index is 12.9. The first-order chi connectivity index (χ1) is 33.3. The van der Waals surface area contributed by atoms with Gasteiger partial charge in [0, 0.05) is 49.3 Å². The molecule has 12 heteroatoms. The molecular formula is C56H100N2O8S2. The summed E-state index contributed by atoms with van der Waals surface area (Å²) in [5.74, 6) is 0.539. The lowest BCUT2D eigenvalue weighted by molar-refractivity contribution is -0.144. The highest BCUT2D eigenvalue weighted by molar-refractivity contribution is 8.76. The largest absolute Gasteiger partial charge is 0.466 e. The average molecular weight is 994 g/mol. The minimum absolute atomic E-state index is 0.0188. The number of hydrogen-bond acceptors (Lipinski definition) is 10. The van der Waals surface area contributed by atoms with Gasteiger partial charge in [-0.25, -0.2) is 0 Å². The van der Waals surface area contributed by atoms with Gasteiger partial charge in [-0.3, -0.25) is 38.6 Å². The van der Waals surface area contributed by atoms with E-state index < -0.39 is 0 Å². The SMILES string of the molecule is CCCCCCCCCCCCCCCC1CC(=O)N(CCCCCCOC(=O)CCSSCCC(=O)OCCCCCCN2C(=O)CC(CCCCCCCCCCCCCCC)C2=O)C1=O. The van der Waals surface area contributed by atoms with E-state index >= 15 is 0 Å². The van der Waals surface area contributed by atoms with Gasteiger partial charge >= 0.3 is 11.9 Å². The third-order valence-corrected chi connectivity index (χ3v) is 16.3. The van der Waals surface area contributed by atoms with Crippen LogP contribution >= 0.6 is 21.6 Å². The number of unbranched alkanes of at least 4 members (excludes halogenated alkanes) is 30. The van der Waals surface area contributed by atoms with Gasteiger partial charge in [0.05, 0.1) is 26.1 Å². The Hall–Kier alpha value is -2.08. The van der Waals surface area contributed by atoms with Crippen LogP contribution in [0.15, 0.2) is 0 Å². The summed E-state index contributed by atoms with van der Waals surface area (Å²) in [7, 11) is 3.11. The fraction of sp³-hybridized carbons (Fsp3) is 0.893. The predicted molar refractivity (Wildman–Crippen MR) is 283 cm³/mol. The van der Waals surface area contributed by atoms with Crippen molar-refractivity contribution >= 4 is 57.2 Å². The summed E-state index contributed by atoms with van der Waals surface area (Å²) < 4.78 is 10.8. The van der Waals surface area contributed by atoms with Crippen molar-refractivity contribution in [3.05, 3.63) is 0 Å². The molecule has 0 aromatic carbocycles. The maximum atomic E-state index is 12.9. The van der Waals surface area contributed by atoms with Gasteiger partial charge in [-0.15, -0.1) is 0 Å². The molecule has 2 heterocycles. The van der Waals surface area contributed by atoms with Crippen LogP contribution in [0.1, 0.15) is 271 Å². The van der Waals surface area contributed by atoms with Crippen molar-refractivity contribution in [1.29, 1.82) is 0 Å². The molecule has 2 unspecified atom stereocenters. The Kier molecular flexibility index (Phi) is 39.9. The molecule has 0 bridgehead atoms. The molecule has 10 nitrogen and oxygen atoms in total. The van der Waals surface area contributed by atoms with E-state index in [0.717, 1.165) is 89.9 Å². The van der Waals surface area contributed by atoms with Crippen LogP contribution < -0.4 is 0 Å². The van der Waals surface area contributed by atoms with Crippen molar-refractivity contribution in [2.75, 3.05) is 37.8 Å². The minimum Gasteiger partial charge on any atom is -0.466 e. The number of likely N-dealkylation sites (tertiary alicyclic amines) is 2. The van der Waals surface area contributed by atoms with E-state index in [0.29, 0.717) is 63.5 Å². The van der Waals surface area contributed by atoms with Crippen LogP contribution in [-0.2, 0) is 38.2 Å². The molecule has 2 aliphatic heterocycles. The molecule has 2 atom stereocenters. The Balaban J connectivity index is 1.32. The molecule has 2 aliphatic rings. The van der Waals surface area contributed by atoms with Crippen LogP contribution in [-0.4, -0.2) is 83.2 Å². The Labute approximate surface area is 423 Å². The Bertz CT molecular complexity index is 1240. The topological polar surface area (TPSA) is 127 Å². The van der Waals surface area contributed by atoms with E-state index in [1.807, 2.05) is 0 Å². The molecule has 68 heavy (non-hydrogen) atoms. The fourth-order valence-corrected chi connectivity index (χ4v) is 11.5. The molecule has 4 amide bonds. The zero-order chi connectivity index (χ0) is 49.1. The number of rotatable bonds is 49. The van der Waals surface area contributed by atoms with Crippen molar-refractivity contribution in [3.8, 4) is 0 Å². The van der Waals surface area contributed by atoms with Crippen molar-refractivity contribution in [2.24, 2.45) is 11.8 Å². The normalized spacial score (nSPS) is 16.2. The number of carbonyl (C=O) groups is 6. The summed E-state index contributed by atoms with van der Waals surface area (Å²) in [6, 6.07) is 0. The van der Waals surface area contributed by atoms with Crippen molar-refractivity contribution < 1.29 is 38.2 Å². The zero-order valence-electron chi connectivity index (χ0n) is 43.7. The van der Waals surface area contributed by atoms with E-state index in [1.54, 1.807) is 21.6 Å². The minimum atomic E-state index is -0.219. The van der Waals surface area contributed by atoms with Gasteiger partial charge in [-0.1, -0.05) is 215 Å². The highest BCUT2D eigenvalue weighted by atomic mass is 33.1. The van der Waals surface area contributed by atoms with Gasteiger partial charge in [-0.05, 0) is 51.4 Å². The molecule has 2 fully saturated rings. The smallest absolute Gasteiger partial charge is 0.306 e. The molecular weight excluding hydrogens is 893 g/mol. The molecule has 2 rings (SSSR count). The van der Waals surface area contributed by atoms with Gasteiger partial charge < -0.3 is 9.47 Å². The summed E-state index contributed by atoms with van der Waals surface area (Å²) in [5.41, 5.74) is 0. The molecule has 394 valence electrons. The van der Waals surface area contributed by atoms with E-state index in [9.17, 15) is 28.8 Å². The number of carbonyl (C=O) groups excluding carboxylic acids is 6. The lowest BCUT2D eigenvalue weighted by atomic mass is 9.98. The number of imide groups is 2. The molecule has 0 N–H and O–H groups in total. The summed E-state index contributed by atoms with van der Waals surface area (Å²) in [6.45, 7) is 6.27. The van der Waals surface area contributed by atoms with Crippen LogP contribution in [0.2, 0.25) is 0 Å². The number of ether oxygens (including phenoxy) is 2. The van der Waals surface area contributed by atoms with E-state index in [4.69, 9.17) is 9.47 Å². The second-order valence-corrected chi connectivity index (χ2v) is 22.7. The van der Waals surface area contributed by atoms with Crippen molar-refractivity contribution in [1.82, 2.24) is 9.80 Å². The van der Waals surface area contributed by atoms with Gasteiger partial charge in [0.2, 0.25) is 23.6 Å². The molecule has 0 saturated carbocycles. The molecule has 0 aromatic rings. The quantitative estimate of drug-likeness (QED) is 0.0252. The first-order valence-corrected chi connectivity index (χ1v) is 31.0. The van der Waals surface area contributed by atoms with Gasteiger partial charge in [0.1, 0.15) is 0 Å². The fourth-order valence-electron chi connectivity index (χ4n) is 9.58. The summed E-state index contributed by atoms with van der Waals surface area (Å²) >= 11 is 0. The number of amides is 4. The first-order valence-electron chi connectivity index (χ1n) is 28.5. The Morgan fingerprint density at radius 1 is 0.412 bits per heavy atom. The average Bonchev–Trinajstić information content (AvgIpc) is 3.76. The molecule has 0 aliphatic carbocycles. The Morgan fingerprint density at radius 2 is 0.691 bits per heavy atom. The molecule has 0 radical (unpaired) electrons. The standard InChI is InChI=1S/C56H100N2O8S2/c1-3-5-7-9-11-13-15-17-19-21-23-25-31-37-49-47-51(59)57(55(49)63)41-33-27-29-35-43-65-53(61)39-45-67-68-46-40-54(62)66-44-36-30-28-34-42-58-52(60)48-50(56(58)64)38-32-26-24-22-20-18-16-14-12-10-8-6-4-2/h49-50H,3-48H2,1-2H3. The van der Waals surface area contributed by atoms with Gasteiger partial charge in [-0.2, -0.15) is 0 Å².